The van der Waals surface area contributed by atoms with E-state index in [1.165, 1.54) is 25.7 Å². The smallest absolute Gasteiger partial charge is 0.250 e. The predicted molar refractivity (Wildman–Crippen MR) is 100 cm³/mol. The van der Waals surface area contributed by atoms with Crippen LogP contribution in [-0.2, 0) is 0 Å². The molecule has 8 nitrogen and oxygen atoms in total. The van der Waals surface area contributed by atoms with Crippen LogP contribution in [0.5, 0.6) is 0 Å². The van der Waals surface area contributed by atoms with Crippen LogP contribution in [0, 0.1) is 0 Å². The van der Waals surface area contributed by atoms with Crippen LogP contribution in [0.4, 0.5) is 17.8 Å². The normalized spacial score (nSPS) is 17.8. The molecule has 2 fully saturated rings. The van der Waals surface area contributed by atoms with Gasteiger partial charge in [0.15, 0.2) is 4.67 Å². The van der Waals surface area contributed by atoms with Crippen LogP contribution in [0.25, 0.3) is 0 Å². The highest BCUT2D eigenvalue weighted by molar-refractivity contribution is 9.10. The number of hydrazone groups is 1. The lowest BCUT2D eigenvalue weighted by Crippen LogP contribution is -2.25. The molecular weight excluding hydrogens is 386 g/mol. The molecule has 4 rings (SSSR count). The van der Waals surface area contributed by atoms with Crippen molar-refractivity contribution in [2.45, 2.75) is 25.7 Å². The monoisotopic (exact) mass is 405 g/mol. The van der Waals surface area contributed by atoms with E-state index in [9.17, 15) is 0 Å². The lowest BCUT2D eigenvalue weighted by molar-refractivity contribution is 0.534. The summed E-state index contributed by atoms with van der Waals surface area (Å²) in [6.45, 7) is 3.97. The van der Waals surface area contributed by atoms with E-state index in [4.69, 9.17) is 4.42 Å². The summed E-state index contributed by atoms with van der Waals surface area (Å²) in [7, 11) is 0. The first-order valence-corrected chi connectivity index (χ1v) is 9.38. The Labute approximate surface area is 154 Å². The van der Waals surface area contributed by atoms with Crippen LogP contribution in [0.2, 0.25) is 0 Å². The number of hydrogen-bond acceptors (Lipinski definition) is 8. The molecule has 2 aromatic heterocycles. The van der Waals surface area contributed by atoms with Crippen molar-refractivity contribution in [1.82, 2.24) is 15.0 Å². The van der Waals surface area contributed by atoms with Crippen LogP contribution in [0.3, 0.4) is 0 Å². The van der Waals surface area contributed by atoms with Gasteiger partial charge in [0.1, 0.15) is 5.76 Å². The van der Waals surface area contributed by atoms with Crippen molar-refractivity contribution in [3.05, 3.63) is 22.6 Å². The van der Waals surface area contributed by atoms with Crippen LogP contribution in [0.1, 0.15) is 31.4 Å². The van der Waals surface area contributed by atoms with Crippen molar-refractivity contribution in [1.29, 1.82) is 0 Å². The standard InChI is InChI=1S/C16H20BrN7O/c17-13-6-5-12(25-13)11-18-22-14-19-15(23-7-1-2-8-23)21-16(20-14)24-9-3-4-10-24/h5-6,11H,1-4,7-10H2,(H,19,20,21,22)/b18-11-. The van der Waals surface area contributed by atoms with Gasteiger partial charge in [-0.25, -0.2) is 5.43 Å². The summed E-state index contributed by atoms with van der Waals surface area (Å²) >= 11 is 3.27. The van der Waals surface area contributed by atoms with Gasteiger partial charge in [0, 0.05) is 26.2 Å². The zero-order chi connectivity index (χ0) is 17.1. The van der Waals surface area contributed by atoms with Gasteiger partial charge in [-0.3, -0.25) is 0 Å². The third-order valence-corrected chi connectivity index (χ3v) is 4.77. The second kappa shape index (κ2) is 7.38. The minimum absolute atomic E-state index is 0.459. The van der Waals surface area contributed by atoms with Crippen LogP contribution >= 0.6 is 15.9 Å². The minimum Gasteiger partial charge on any atom is -0.448 e. The zero-order valence-electron chi connectivity index (χ0n) is 13.9. The first kappa shape index (κ1) is 16.3. The Hall–Kier alpha value is -2.16. The summed E-state index contributed by atoms with van der Waals surface area (Å²) in [4.78, 5) is 18.2. The molecular formula is C16H20BrN7O. The topological polar surface area (TPSA) is 82.7 Å². The predicted octanol–water partition coefficient (Wildman–Crippen LogP) is 2.87. The van der Waals surface area contributed by atoms with Gasteiger partial charge in [-0.2, -0.15) is 20.1 Å². The molecule has 2 aliphatic heterocycles. The van der Waals surface area contributed by atoms with Crippen molar-refractivity contribution in [3.8, 4) is 0 Å². The fraction of sp³-hybridized carbons (Fsp3) is 0.500. The third-order valence-electron chi connectivity index (χ3n) is 4.34. The number of nitrogens with one attached hydrogen (secondary N) is 1. The average molecular weight is 406 g/mol. The molecule has 0 saturated carbocycles. The highest BCUT2D eigenvalue weighted by atomic mass is 79.9. The van der Waals surface area contributed by atoms with Crippen LogP contribution < -0.4 is 15.2 Å². The van der Waals surface area contributed by atoms with Gasteiger partial charge in [-0.1, -0.05) is 0 Å². The number of furan rings is 1. The Morgan fingerprint density at radius 2 is 1.56 bits per heavy atom. The molecule has 1 N–H and O–H groups in total. The van der Waals surface area contributed by atoms with E-state index in [0.717, 1.165) is 38.1 Å². The molecule has 0 aliphatic carbocycles. The quantitative estimate of drug-likeness (QED) is 0.604. The SMILES string of the molecule is Brc1ccc(/C=N\Nc2nc(N3CCCC3)nc(N3CCCC3)n2)o1. The Kier molecular flexibility index (Phi) is 4.82. The summed E-state index contributed by atoms with van der Waals surface area (Å²) in [6, 6.07) is 3.65. The van der Waals surface area contributed by atoms with Gasteiger partial charge < -0.3 is 14.2 Å². The fourth-order valence-corrected chi connectivity index (χ4v) is 3.39. The van der Waals surface area contributed by atoms with Gasteiger partial charge in [-0.15, -0.1) is 0 Å². The maximum atomic E-state index is 5.39. The van der Waals surface area contributed by atoms with Crippen molar-refractivity contribution < 1.29 is 4.42 Å². The van der Waals surface area contributed by atoms with Crippen LogP contribution in [-0.4, -0.2) is 47.3 Å². The van der Waals surface area contributed by atoms with Crippen molar-refractivity contribution in [2.75, 3.05) is 41.4 Å². The molecule has 2 aromatic rings. The summed E-state index contributed by atoms with van der Waals surface area (Å²) in [5.41, 5.74) is 2.91. The third kappa shape index (κ3) is 3.92. The molecule has 9 heteroatoms. The molecule has 0 unspecified atom stereocenters. The molecule has 25 heavy (non-hydrogen) atoms. The van der Waals surface area contributed by atoms with E-state index < -0.39 is 0 Å². The van der Waals surface area contributed by atoms with Gasteiger partial charge in [0.2, 0.25) is 17.8 Å². The fourth-order valence-electron chi connectivity index (χ4n) is 3.07. The molecule has 0 bridgehead atoms. The number of halogens is 1. The lowest BCUT2D eigenvalue weighted by Gasteiger charge is -2.20. The van der Waals surface area contributed by atoms with E-state index >= 15 is 0 Å². The second-order valence-corrected chi connectivity index (χ2v) is 6.94. The van der Waals surface area contributed by atoms with Crippen molar-refractivity contribution >= 4 is 40.0 Å². The summed E-state index contributed by atoms with van der Waals surface area (Å²) in [6.07, 6.45) is 6.32. The Balaban J connectivity index is 1.55. The molecule has 2 saturated heterocycles. The summed E-state index contributed by atoms with van der Waals surface area (Å²) in [5.74, 6) is 2.56. The van der Waals surface area contributed by atoms with Gasteiger partial charge in [-0.05, 0) is 53.7 Å². The maximum absolute atomic E-state index is 5.39. The van der Waals surface area contributed by atoms with E-state index in [1.54, 1.807) is 6.21 Å². The Bertz CT molecular complexity index is 716. The molecule has 4 heterocycles. The molecule has 0 atom stereocenters. The molecule has 0 radical (unpaired) electrons. The number of aromatic nitrogens is 3. The van der Waals surface area contributed by atoms with E-state index in [2.05, 4.69) is 51.2 Å². The highest BCUT2D eigenvalue weighted by Crippen LogP contribution is 2.22. The van der Waals surface area contributed by atoms with Crippen molar-refractivity contribution in [3.63, 3.8) is 0 Å². The molecule has 0 aromatic carbocycles. The molecule has 2 aliphatic rings. The first-order chi connectivity index (χ1) is 12.3. The molecule has 0 amide bonds. The minimum atomic E-state index is 0.459. The molecule has 0 spiro atoms. The number of nitrogens with zero attached hydrogens (tertiary/aromatic N) is 6. The Morgan fingerprint density at radius 3 is 2.08 bits per heavy atom. The maximum Gasteiger partial charge on any atom is 0.250 e. The zero-order valence-corrected chi connectivity index (χ0v) is 15.4. The number of anilines is 3. The van der Waals surface area contributed by atoms with E-state index in [0.29, 0.717) is 16.4 Å². The largest absolute Gasteiger partial charge is 0.448 e. The lowest BCUT2D eigenvalue weighted by atomic mass is 10.4. The Morgan fingerprint density at radius 1 is 0.960 bits per heavy atom. The summed E-state index contributed by atoms with van der Waals surface area (Å²) in [5, 5.41) is 4.18. The molecule has 132 valence electrons. The first-order valence-electron chi connectivity index (χ1n) is 8.58. The number of hydrogen-bond donors (Lipinski definition) is 1. The van der Waals surface area contributed by atoms with Gasteiger partial charge >= 0.3 is 0 Å². The van der Waals surface area contributed by atoms with Gasteiger partial charge in [0.05, 0.1) is 6.21 Å². The second-order valence-electron chi connectivity index (χ2n) is 6.16. The highest BCUT2D eigenvalue weighted by Gasteiger charge is 2.21. The summed E-state index contributed by atoms with van der Waals surface area (Å²) < 4.78 is 6.06. The van der Waals surface area contributed by atoms with Crippen molar-refractivity contribution in [2.24, 2.45) is 5.10 Å². The van der Waals surface area contributed by atoms with E-state index in [-0.39, 0.29) is 0 Å². The van der Waals surface area contributed by atoms with Gasteiger partial charge in [0.25, 0.3) is 0 Å². The average Bonchev–Trinajstić information content (AvgIpc) is 3.38. The van der Waals surface area contributed by atoms with E-state index in [1.807, 2.05) is 12.1 Å². The van der Waals surface area contributed by atoms with Crippen LogP contribution in [0.15, 0.2) is 26.3 Å². The number of rotatable bonds is 5.